The number of nitrogens with two attached hydrogens (primary N) is 1. The molecule has 3 atom stereocenters. The van der Waals surface area contributed by atoms with Crippen LogP contribution in [0.15, 0.2) is 30.3 Å². The van der Waals surface area contributed by atoms with Crippen molar-refractivity contribution in [1.29, 1.82) is 0 Å². The Morgan fingerprint density at radius 3 is 2.19 bits per heavy atom. The first kappa shape index (κ1) is 27.2. The number of imide groups is 1. The van der Waals surface area contributed by atoms with Gasteiger partial charge in [0.1, 0.15) is 6.04 Å². The average Bonchev–Trinajstić information content (AvgIpc) is 3.05. The van der Waals surface area contributed by atoms with Crippen molar-refractivity contribution in [3.05, 3.63) is 35.9 Å². The normalized spacial score (nSPS) is 20.0. The maximum Gasteiger partial charge on any atom is 0.336 e. The number of rotatable bonds is 7. The Morgan fingerprint density at radius 1 is 1.12 bits per heavy atom. The summed E-state index contributed by atoms with van der Waals surface area (Å²) in [6.07, 6.45) is -2.15. The number of carbonyl (C=O) groups excluding carboxylic acids is 3. The molecule has 178 valence electrons. The van der Waals surface area contributed by atoms with E-state index in [-0.39, 0.29) is 11.5 Å². The minimum absolute atomic E-state index is 0.288. The molecule has 1 heterocycles. The monoisotopic (exact) mass is 452 g/mol. The van der Waals surface area contributed by atoms with Crippen molar-refractivity contribution in [1.82, 2.24) is 5.32 Å². The molecule has 10 nitrogen and oxygen atoms in total. The summed E-state index contributed by atoms with van der Waals surface area (Å²) in [5, 5.41) is 11.2. The lowest BCUT2D eigenvalue weighted by atomic mass is 10.1. The van der Waals surface area contributed by atoms with Crippen LogP contribution in [0.3, 0.4) is 0 Å². The van der Waals surface area contributed by atoms with Crippen LogP contribution in [-0.2, 0) is 28.6 Å². The molecule has 4 N–H and O–H groups in total. The predicted molar refractivity (Wildman–Crippen MR) is 114 cm³/mol. The molecule has 0 unspecified atom stereocenters. The zero-order valence-corrected chi connectivity index (χ0v) is 19.0. The number of hydrogen-bond acceptors (Lipinski definition) is 8. The third-order valence-corrected chi connectivity index (χ3v) is 4.19. The van der Waals surface area contributed by atoms with Crippen molar-refractivity contribution < 1.29 is 38.5 Å². The summed E-state index contributed by atoms with van der Waals surface area (Å²) >= 11 is 0. The van der Waals surface area contributed by atoms with E-state index < -0.39 is 41.8 Å². The zero-order chi connectivity index (χ0) is 24.5. The number of nitrogens with one attached hydrogen (secondary N) is 1. The number of hydrogen-bond donors (Lipinski definition) is 3. The Kier molecular flexibility index (Phi) is 10.4. The Morgan fingerprint density at radius 2 is 1.69 bits per heavy atom. The SMILES string of the molecule is CC1(C)O[C@@H](C(=O)O)[C@H](C(=O)NC(=O)c2ccccc2)O1.CCOC(=O)[C@@H](N)CC(C)C. The molecule has 1 aromatic rings. The number of carboxylic acids is 1. The second-order valence-electron chi connectivity index (χ2n) is 7.99. The number of ether oxygens (including phenoxy) is 3. The fourth-order valence-corrected chi connectivity index (χ4v) is 2.83. The van der Waals surface area contributed by atoms with E-state index in [0.29, 0.717) is 18.9 Å². The van der Waals surface area contributed by atoms with Crippen LogP contribution >= 0.6 is 0 Å². The molecular weight excluding hydrogens is 420 g/mol. The minimum Gasteiger partial charge on any atom is -0.479 e. The summed E-state index contributed by atoms with van der Waals surface area (Å²) in [6, 6.07) is 7.65. The topological polar surface area (TPSA) is 154 Å². The fraction of sp³-hybridized carbons (Fsp3) is 0.545. The van der Waals surface area contributed by atoms with Crippen LogP contribution in [0.2, 0.25) is 0 Å². The quantitative estimate of drug-likeness (QED) is 0.412. The van der Waals surface area contributed by atoms with Gasteiger partial charge in [0.05, 0.1) is 6.61 Å². The molecule has 1 fully saturated rings. The highest BCUT2D eigenvalue weighted by atomic mass is 16.8. The summed E-state index contributed by atoms with van der Waals surface area (Å²) in [5.74, 6) is -3.86. The molecule has 0 saturated carbocycles. The third kappa shape index (κ3) is 8.74. The van der Waals surface area contributed by atoms with Gasteiger partial charge in [-0.25, -0.2) is 4.79 Å². The van der Waals surface area contributed by atoms with E-state index in [9.17, 15) is 19.2 Å². The second kappa shape index (κ2) is 12.3. The Bertz CT molecular complexity index is 794. The summed E-state index contributed by atoms with van der Waals surface area (Å²) in [7, 11) is 0. The lowest BCUT2D eigenvalue weighted by molar-refractivity contribution is -0.166. The largest absolute Gasteiger partial charge is 0.479 e. The van der Waals surface area contributed by atoms with E-state index in [1.165, 1.54) is 26.0 Å². The maximum absolute atomic E-state index is 12.0. The third-order valence-electron chi connectivity index (χ3n) is 4.19. The summed E-state index contributed by atoms with van der Waals surface area (Å²) < 4.78 is 15.1. The minimum atomic E-state index is -1.46. The van der Waals surface area contributed by atoms with Crippen molar-refractivity contribution in [2.75, 3.05) is 6.61 Å². The summed E-state index contributed by atoms with van der Waals surface area (Å²) in [6.45, 7) is 9.23. The number of amides is 2. The molecule has 0 aliphatic carbocycles. The standard InChI is InChI=1S/C14H15NO6.C8H17NO2/c1-14(2)20-9(10(21-14)13(18)19)12(17)15-11(16)8-6-4-3-5-7-8;1-4-11-8(10)7(9)5-6(2)3/h3-7,9-10H,1-2H3,(H,18,19)(H,15,16,17);6-7H,4-5,9H2,1-3H3/t9-,10-;7-/m10/s1. The highest BCUT2D eigenvalue weighted by Crippen LogP contribution is 2.28. The van der Waals surface area contributed by atoms with Gasteiger partial charge in [-0.05, 0) is 45.2 Å². The fourth-order valence-electron chi connectivity index (χ4n) is 2.83. The first-order chi connectivity index (χ1) is 14.9. The van der Waals surface area contributed by atoms with Gasteiger partial charge in [0.2, 0.25) is 0 Å². The van der Waals surface area contributed by atoms with Gasteiger partial charge in [0.15, 0.2) is 18.0 Å². The molecule has 10 heteroatoms. The number of esters is 1. The van der Waals surface area contributed by atoms with E-state index in [2.05, 4.69) is 5.32 Å². The summed E-state index contributed by atoms with van der Waals surface area (Å²) in [5.41, 5.74) is 5.82. The van der Waals surface area contributed by atoms with Crippen LogP contribution in [0.4, 0.5) is 0 Å². The lowest BCUT2D eigenvalue weighted by Gasteiger charge is -2.16. The van der Waals surface area contributed by atoms with E-state index in [1.54, 1.807) is 25.1 Å². The number of benzene rings is 1. The van der Waals surface area contributed by atoms with Crippen molar-refractivity contribution in [3.8, 4) is 0 Å². The van der Waals surface area contributed by atoms with Gasteiger partial charge in [-0.15, -0.1) is 0 Å². The Hall–Kier alpha value is -2.82. The van der Waals surface area contributed by atoms with E-state index >= 15 is 0 Å². The van der Waals surface area contributed by atoms with Gasteiger partial charge in [-0.2, -0.15) is 0 Å². The molecule has 0 spiro atoms. The molecule has 2 rings (SSSR count). The van der Waals surface area contributed by atoms with Crippen LogP contribution in [-0.4, -0.2) is 59.5 Å². The first-order valence-corrected chi connectivity index (χ1v) is 10.3. The van der Waals surface area contributed by atoms with Crippen LogP contribution in [0, 0.1) is 5.92 Å². The van der Waals surface area contributed by atoms with Crippen LogP contribution < -0.4 is 11.1 Å². The van der Waals surface area contributed by atoms with Crippen molar-refractivity contribution in [2.45, 2.75) is 65.1 Å². The number of aliphatic carboxylic acids is 1. The van der Waals surface area contributed by atoms with Crippen LogP contribution in [0.25, 0.3) is 0 Å². The summed E-state index contributed by atoms with van der Waals surface area (Å²) in [4.78, 5) is 45.9. The molecule has 0 aromatic heterocycles. The van der Waals surface area contributed by atoms with Gasteiger partial charge in [0.25, 0.3) is 11.8 Å². The average molecular weight is 453 g/mol. The smallest absolute Gasteiger partial charge is 0.336 e. The Balaban J connectivity index is 0.000000396. The molecule has 32 heavy (non-hydrogen) atoms. The zero-order valence-electron chi connectivity index (χ0n) is 19.0. The van der Waals surface area contributed by atoms with Gasteiger partial charge >= 0.3 is 11.9 Å². The first-order valence-electron chi connectivity index (χ1n) is 10.3. The van der Waals surface area contributed by atoms with Crippen molar-refractivity contribution >= 4 is 23.8 Å². The van der Waals surface area contributed by atoms with E-state index in [4.69, 9.17) is 25.1 Å². The molecule has 1 aliphatic rings. The van der Waals surface area contributed by atoms with Gasteiger partial charge in [-0.1, -0.05) is 32.0 Å². The lowest BCUT2D eigenvalue weighted by Crippen LogP contribution is -2.46. The molecule has 0 bridgehead atoms. The van der Waals surface area contributed by atoms with Crippen LogP contribution in [0.1, 0.15) is 51.4 Å². The molecule has 1 aliphatic heterocycles. The molecule has 1 saturated heterocycles. The molecule has 2 amide bonds. The van der Waals surface area contributed by atoms with Crippen molar-refractivity contribution in [3.63, 3.8) is 0 Å². The highest BCUT2D eigenvalue weighted by Gasteiger charge is 2.49. The number of carbonyl (C=O) groups is 4. The second-order valence-corrected chi connectivity index (χ2v) is 7.99. The Labute approximate surface area is 187 Å². The van der Waals surface area contributed by atoms with Crippen LogP contribution in [0.5, 0.6) is 0 Å². The molecular formula is C22H32N2O8. The molecule has 0 radical (unpaired) electrons. The van der Waals surface area contributed by atoms with E-state index in [1.807, 2.05) is 13.8 Å². The van der Waals surface area contributed by atoms with Gasteiger partial charge in [0, 0.05) is 5.56 Å². The predicted octanol–water partition coefficient (Wildman–Crippen LogP) is 1.47. The van der Waals surface area contributed by atoms with E-state index in [0.717, 1.165) is 0 Å². The molecule has 1 aromatic carbocycles. The van der Waals surface area contributed by atoms with Gasteiger partial charge < -0.3 is 25.1 Å². The highest BCUT2D eigenvalue weighted by molar-refractivity contribution is 6.06. The number of carboxylic acid groups (broad SMARTS) is 1. The van der Waals surface area contributed by atoms with Crippen molar-refractivity contribution in [2.24, 2.45) is 11.7 Å². The van der Waals surface area contributed by atoms with Gasteiger partial charge in [-0.3, -0.25) is 19.7 Å². The maximum atomic E-state index is 12.0.